The summed E-state index contributed by atoms with van der Waals surface area (Å²) in [6.45, 7) is 3.23. The highest BCUT2D eigenvalue weighted by Gasteiger charge is 2.55. The van der Waals surface area contributed by atoms with Gasteiger partial charge in [0.05, 0.1) is 0 Å². The van der Waals surface area contributed by atoms with Crippen molar-refractivity contribution in [3.05, 3.63) is 35.6 Å². The van der Waals surface area contributed by atoms with Crippen LogP contribution in [-0.2, 0) is 0 Å². The van der Waals surface area contributed by atoms with Gasteiger partial charge in [0.1, 0.15) is 5.82 Å². The van der Waals surface area contributed by atoms with Gasteiger partial charge in [0.2, 0.25) is 0 Å². The van der Waals surface area contributed by atoms with Crippen LogP contribution in [0.1, 0.15) is 55.8 Å². The van der Waals surface area contributed by atoms with E-state index < -0.39 is 0 Å². The highest BCUT2D eigenvalue weighted by Crippen LogP contribution is 2.64. The third-order valence-electron chi connectivity index (χ3n) is 6.21. The van der Waals surface area contributed by atoms with Crippen molar-refractivity contribution < 1.29 is 9.18 Å². The molecule has 118 valence electrons. The molecule has 4 aliphatic rings. The van der Waals surface area contributed by atoms with Crippen molar-refractivity contribution in [1.29, 1.82) is 0 Å². The average Bonchev–Trinajstić information content (AvgIpc) is 2.43. The fraction of sp³-hybridized carbons (Fsp3) is 0.632. The van der Waals surface area contributed by atoms with E-state index in [4.69, 9.17) is 0 Å². The first-order valence-electron chi connectivity index (χ1n) is 8.49. The number of benzene rings is 1. The lowest BCUT2D eigenvalue weighted by atomic mass is 9.44. The molecular weight excluding hydrogens is 277 g/mol. The van der Waals surface area contributed by atoms with Gasteiger partial charge in [-0.1, -0.05) is 6.92 Å². The van der Waals surface area contributed by atoms with Crippen molar-refractivity contribution in [3.8, 4) is 0 Å². The second-order valence-corrected chi connectivity index (χ2v) is 8.46. The standard InChI is InChI=1S/C19H24FNO/c1-18-7-13-6-14(8-18)10-19(9-13,11-18)12-21-17(22)15-2-4-16(20)5-3-15/h2-5,13-14H,6-12H2,1H3,(H,21,22). The maximum absolute atomic E-state index is 13.0. The van der Waals surface area contributed by atoms with Gasteiger partial charge >= 0.3 is 0 Å². The minimum absolute atomic E-state index is 0.0686. The summed E-state index contributed by atoms with van der Waals surface area (Å²) < 4.78 is 13.0. The molecule has 2 atom stereocenters. The Bertz CT molecular complexity index is 580. The van der Waals surface area contributed by atoms with E-state index in [9.17, 15) is 9.18 Å². The van der Waals surface area contributed by atoms with Gasteiger partial charge in [-0.05, 0) is 85.5 Å². The minimum atomic E-state index is -0.300. The Labute approximate surface area is 131 Å². The molecule has 4 saturated carbocycles. The second kappa shape index (κ2) is 4.81. The minimum Gasteiger partial charge on any atom is -0.351 e. The second-order valence-electron chi connectivity index (χ2n) is 8.46. The SMILES string of the molecule is CC12CC3CC(C1)CC(CNC(=O)c1ccc(F)cc1)(C3)C2. The molecule has 4 bridgehead atoms. The molecule has 0 heterocycles. The molecule has 1 aromatic rings. The molecule has 5 rings (SSSR count). The fourth-order valence-electron chi connectivity index (χ4n) is 6.11. The number of rotatable bonds is 3. The Hall–Kier alpha value is -1.38. The molecule has 0 saturated heterocycles. The highest BCUT2D eigenvalue weighted by molar-refractivity contribution is 5.94. The van der Waals surface area contributed by atoms with Gasteiger partial charge in [-0.3, -0.25) is 4.79 Å². The van der Waals surface area contributed by atoms with E-state index >= 15 is 0 Å². The molecule has 4 aliphatic carbocycles. The lowest BCUT2D eigenvalue weighted by Gasteiger charge is -2.61. The molecule has 2 nitrogen and oxygen atoms in total. The summed E-state index contributed by atoms with van der Waals surface area (Å²) in [6.07, 6.45) is 8.00. The molecule has 0 aromatic heterocycles. The third kappa shape index (κ3) is 2.45. The third-order valence-corrected chi connectivity index (χ3v) is 6.21. The van der Waals surface area contributed by atoms with Gasteiger partial charge in [-0.15, -0.1) is 0 Å². The monoisotopic (exact) mass is 301 g/mol. The smallest absolute Gasteiger partial charge is 0.251 e. The zero-order chi connectivity index (χ0) is 15.4. The summed E-state index contributed by atoms with van der Waals surface area (Å²) >= 11 is 0. The zero-order valence-electron chi connectivity index (χ0n) is 13.2. The molecule has 1 amide bonds. The van der Waals surface area contributed by atoms with Gasteiger partial charge < -0.3 is 5.32 Å². The number of carbonyl (C=O) groups is 1. The molecule has 4 fully saturated rings. The summed E-state index contributed by atoms with van der Waals surface area (Å²) in [5.74, 6) is 1.37. The topological polar surface area (TPSA) is 29.1 Å². The summed E-state index contributed by atoms with van der Waals surface area (Å²) in [6, 6.07) is 5.82. The molecular formula is C19H24FNO. The van der Waals surface area contributed by atoms with Crippen LogP contribution in [0.15, 0.2) is 24.3 Å². The molecule has 0 radical (unpaired) electrons. The lowest BCUT2D eigenvalue weighted by molar-refractivity contribution is -0.0989. The molecule has 0 aliphatic heterocycles. The highest BCUT2D eigenvalue weighted by atomic mass is 19.1. The predicted molar refractivity (Wildman–Crippen MR) is 84.0 cm³/mol. The number of carbonyl (C=O) groups excluding carboxylic acids is 1. The van der Waals surface area contributed by atoms with Crippen LogP contribution < -0.4 is 5.32 Å². The number of hydrogen-bond donors (Lipinski definition) is 1. The largest absolute Gasteiger partial charge is 0.351 e. The fourth-order valence-corrected chi connectivity index (χ4v) is 6.11. The van der Waals surface area contributed by atoms with E-state index in [1.165, 1.54) is 50.7 Å². The Morgan fingerprint density at radius 1 is 1.18 bits per heavy atom. The van der Waals surface area contributed by atoms with E-state index in [2.05, 4.69) is 12.2 Å². The van der Waals surface area contributed by atoms with Crippen LogP contribution in [0.25, 0.3) is 0 Å². The Kier molecular flexibility index (Phi) is 3.11. The summed E-state index contributed by atoms with van der Waals surface area (Å²) in [5, 5.41) is 3.13. The Morgan fingerprint density at radius 2 is 1.82 bits per heavy atom. The van der Waals surface area contributed by atoms with Gasteiger partial charge in [0.15, 0.2) is 0 Å². The van der Waals surface area contributed by atoms with Crippen molar-refractivity contribution in [3.63, 3.8) is 0 Å². The van der Waals surface area contributed by atoms with E-state index in [1.807, 2.05) is 0 Å². The first kappa shape index (κ1) is 14.2. The van der Waals surface area contributed by atoms with Crippen molar-refractivity contribution in [1.82, 2.24) is 5.32 Å². The van der Waals surface area contributed by atoms with Crippen LogP contribution >= 0.6 is 0 Å². The summed E-state index contributed by atoms with van der Waals surface area (Å²) in [4.78, 5) is 12.3. The Morgan fingerprint density at radius 3 is 2.41 bits per heavy atom. The predicted octanol–water partition coefficient (Wildman–Crippen LogP) is 4.16. The molecule has 1 aromatic carbocycles. The molecule has 3 heteroatoms. The van der Waals surface area contributed by atoms with Crippen molar-refractivity contribution in [2.45, 2.75) is 45.4 Å². The molecule has 0 spiro atoms. The van der Waals surface area contributed by atoms with Crippen LogP contribution in [0, 0.1) is 28.5 Å². The number of halogens is 1. The number of nitrogens with one attached hydrogen (secondary N) is 1. The van der Waals surface area contributed by atoms with Crippen LogP contribution in [0.4, 0.5) is 4.39 Å². The van der Waals surface area contributed by atoms with E-state index in [0.717, 1.165) is 18.4 Å². The summed E-state index contributed by atoms with van der Waals surface area (Å²) in [5.41, 5.74) is 1.37. The quantitative estimate of drug-likeness (QED) is 0.892. The number of amides is 1. The summed E-state index contributed by atoms with van der Waals surface area (Å²) in [7, 11) is 0. The van der Waals surface area contributed by atoms with Gasteiger partial charge in [0.25, 0.3) is 5.91 Å². The van der Waals surface area contributed by atoms with Gasteiger partial charge in [0, 0.05) is 12.1 Å². The van der Waals surface area contributed by atoms with Crippen molar-refractivity contribution in [2.75, 3.05) is 6.54 Å². The van der Waals surface area contributed by atoms with E-state index in [1.54, 1.807) is 12.1 Å². The first-order chi connectivity index (χ1) is 10.5. The van der Waals surface area contributed by atoms with Crippen molar-refractivity contribution in [2.24, 2.45) is 22.7 Å². The lowest BCUT2D eigenvalue weighted by Crippen LogP contribution is -2.54. The maximum atomic E-state index is 13.0. The van der Waals surface area contributed by atoms with Crippen LogP contribution in [0.5, 0.6) is 0 Å². The van der Waals surface area contributed by atoms with Crippen LogP contribution in [-0.4, -0.2) is 12.5 Å². The molecule has 22 heavy (non-hydrogen) atoms. The van der Waals surface area contributed by atoms with Crippen LogP contribution in [0.2, 0.25) is 0 Å². The molecule has 2 unspecified atom stereocenters. The zero-order valence-corrected chi connectivity index (χ0v) is 13.2. The van der Waals surface area contributed by atoms with E-state index in [-0.39, 0.29) is 11.7 Å². The average molecular weight is 301 g/mol. The van der Waals surface area contributed by atoms with Gasteiger partial charge in [-0.25, -0.2) is 4.39 Å². The maximum Gasteiger partial charge on any atom is 0.251 e. The van der Waals surface area contributed by atoms with E-state index in [0.29, 0.717) is 16.4 Å². The van der Waals surface area contributed by atoms with Gasteiger partial charge in [-0.2, -0.15) is 0 Å². The number of hydrogen-bond acceptors (Lipinski definition) is 1. The normalized spacial score (nSPS) is 39.0. The van der Waals surface area contributed by atoms with Crippen LogP contribution in [0.3, 0.4) is 0 Å². The van der Waals surface area contributed by atoms with Crippen molar-refractivity contribution >= 4 is 5.91 Å². The Balaban J connectivity index is 1.45. The molecule has 1 N–H and O–H groups in total. The first-order valence-corrected chi connectivity index (χ1v) is 8.49.